The Balaban J connectivity index is 1.62. The van der Waals surface area contributed by atoms with Gasteiger partial charge in [0.05, 0.1) is 0 Å². The second-order valence-corrected chi connectivity index (χ2v) is 6.07. The third kappa shape index (κ3) is 7.73. The van der Waals surface area contributed by atoms with Gasteiger partial charge in [-0.25, -0.2) is 0 Å². The molecule has 2 N–H and O–H groups in total. The van der Waals surface area contributed by atoms with Crippen molar-refractivity contribution in [2.45, 2.75) is 26.2 Å². The van der Waals surface area contributed by atoms with Gasteiger partial charge < -0.3 is 15.4 Å². The van der Waals surface area contributed by atoms with E-state index < -0.39 is 5.97 Å². The minimum absolute atomic E-state index is 0.000683. The molecule has 0 radical (unpaired) electrons. The number of ether oxygens (including phenoxy) is 1. The quantitative estimate of drug-likeness (QED) is 0.405. The van der Waals surface area contributed by atoms with E-state index in [2.05, 4.69) is 10.6 Å². The molecule has 6 nitrogen and oxygen atoms in total. The Bertz CT molecular complexity index is 775. The molecule has 142 valence electrons. The standard InChI is InChI=1S/C21H24N2O4/c1-16(24)27-19-10-5-9-18(15-19)21(26)23-14-6-13-22-20(25)12-11-17-7-3-2-4-8-17/h2-5,7-10,15H,6,11-14H2,1H3,(H,22,25)(H,23,26). The molecular formula is C21H24N2O4. The molecule has 0 saturated carbocycles. The molecule has 0 spiro atoms. The van der Waals surface area contributed by atoms with Gasteiger partial charge in [0.1, 0.15) is 5.75 Å². The summed E-state index contributed by atoms with van der Waals surface area (Å²) >= 11 is 0. The molecule has 0 aliphatic rings. The summed E-state index contributed by atoms with van der Waals surface area (Å²) in [4.78, 5) is 34.9. The van der Waals surface area contributed by atoms with E-state index in [1.165, 1.54) is 13.0 Å². The molecule has 0 saturated heterocycles. The van der Waals surface area contributed by atoms with Crippen molar-refractivity contribution < 1.29 is 19.1 Å². The molecule has 0 aromatic heterocycles. The Labute approximate surface area is 158 Å². The van der Waals surface area contributed by atoms with Crippen LogP contribution in [-0.2, 0) is 16.0 Å². The van der Waals surface area contributed by atoms with Gasteiger partial charge in [-0.3, -0.25) is 14.4 Å². The summed E-state index contributed by atoms with van der Waals surface area (Å²) in [5.74, 6) is -0.352. The highest BCUT2D eigenvalue weighted by atomic mass is 16.5. The zero-order valence-electron chi connectivity index (χ0n) is 15.4. The van der Waals surface area contributed by atoms with Gasteiger partial charge in [0.25, 0.3) is 5.91 Å². The first-order chi connectivity index (χ1) is 13.0. The van der Waals surface area contributed by atoms with Crippen molar-refractivity contribution >= 4 is 17.8 Å². The molecule has 0 atom stereocenters. The first-order valence-electron chi connectivity index (χ1n) is 8.92. The van der Waals surface area contributed by atoms with Crippen LogP contribution in [0.2, 0.25) is 0 Å². The Kier molecular flexibility index (Phi) is 8.03. The van der Waals surface area contributed by atoms with Crippen molar-refractivity contribution in [3.8, 4) is 5.75 Å². The first kappa shape index (κ1) is 20.2. The fourth-order valence-electron chi connectivity index (χ4n) is 2.48. The van der Waals surface area contributed by atoms with E-state index in [1.54, 1.807) is 18.2 Å². The molecule has 6 heteroatoms. The smallest absolute Gasteiger partial charge is 0.308 e. The van der Waals surface area contributed by atoms with Crippen LogP contribution in [-0.4, -0.2) is 30.9 Å². The molecule has 0 bridgehead atoms. The van der Waals surface area contributed by atoms with Crippen molar-refractivity contribution in [1.29, 1.82) is 0 Å². The highest BCUT2D eigenvalue weighted by Gasteiger charge is 2.07. The lowest BCUT2D eigenvalue weighted by Crippen LogP contribution is -2.30. The number of rotatable bonds is 9. The maximum absolute atomic E-state index is 12.1. The van der Waals surface area contributed by atoms with E-state index >= 15 is 0 Å². The first-order valence-corrected chi connectivity index (χ1v) is 8.92. The number of amides is 2. The summed E-state index contributed by atoms with van der Waals surface area (Å²) in [5, 5.41) is 5.63. The number of carbonyl (C=O) groups excluding carboxylic acids is 3. The van der Waals surface area contributed by atoms with E-state index in [1.807, 2.05) is 30.3 Å². The monoisotopic (exact) mass is 368 g/mol. The van der Waals surface area contributed by atoms with E-state index in [9.17, 15) is 14.4 Å². The lowest BCUT2D eigenvalue weighted by Gasteiger charge is -2.08. The number of carbonyl (C=O) groups is 3. The number of benzene rings is 2. The van der Waals surface area contributed by atoms with Crippen LogP contribution in [0.1, 0.15) is 35.7 Å². The van der Waals surface area contributed by atoms with E-state index in [4.69, 9.17) is 4.74 Å². The van der Waals surface area contributed by atoms with Crippen LogP contribution in [0, 0.1) is 0 Å². The zero-order valence-corrected chi connectivity index (χ0v) is 15.4. The Hall–Kier alpha value is -3.15. The van der Waals surface area contributed by atoms with Gasteiger partial charge in [0, 0.05) is 32.0 Å². The second-order valence-electron chi connectivity index (χ2n) is 6.07. The SMILES string of the molecule is CC(=O)Oc1cccc(C(=O)NCCCNC(=O)CCc2ccccc2)c1. The summed E-state index contributed by atoms with van der Waals surface area (Å²) in [7, 11) is 0. The van der Waals surface area contributed by atoms with Gasteiger partial charge in [-0.05, 0) is 36.6 Å². The van der Waals surface area contributed by atoms with Gasteiger partial charge in [-0.15, -0.1) is 0 Å². The minimum Gasteiger partial charge on any atom is -0.427 e. The Morgan fingerprint density at radius 3 is 2.41 bits per heavy atom. The molecular weight excluding hydrogens is 344 g/mol. The Morgan fingerprint density at radius 2 is 1.67 bits per heavy atom. The number of esters is 1. The number of nitrogens with one attached hydrogen (secondary N) is 2. The largest absolute Gasteiger partial charge is 0.427 e. The van der Waals surface area contributed by atoms with Gasteiger partial charge in [0.2, 0.25) is 5.91 Å². The zero-order chi connectivity index (χ0) is 19.5. The Morgan fingerprint density at radius 1 is 0.926 bits per heavy atom. The third-order valence-electron chi connectivity index (χ3n) is 3.80. The lowest BCUT2D eigenvalue weighted by molar-refractivity contribution is -0.131. The van der Waals surface area contributed by atoms with Crippen LogP contribution in [0.5, 0.6) is 5.75 Å². The fourth-order valence-corrected chi connectivity index (χ4v) is 2.48. The van der Waals surface area contributed by atoms with Gasteiger partial charge in [0.15, 0.2) is 0 Å². The molecule has 0 fully saturated rings. The van der Waals surface area contributed by atoms with Crippen molar-refractivity contribution in [3.63, 3.8) is 0 Å². The third-order valence-corrected chi connectivity index (χ3v) is 3.80. The van der Waals surface area contributed by atoms with Gasteiger partial charge in [-0.1, -0.05) is 36.4 Å². The van der Waals surface area contributed by atoms with Crippen LogP contribution in [0.25, 0.3) is 0 Å². The average molecular weight is 368 g/mol. The molecule has 0 heterocycles. The highest BCUT2D eigenvalue weighted by Crippen LogP contribution is 2.13. The highest BCUT2D eigenvalue weighted by molar-refractivity contribution is 5.94. The van der Waals surface area contributed by atoms with Crippen molar-refractivity contribution in [1.82, 2.24) is 10.6 Å². The van der Waals surface area contributed by atoms with Crippen LogP contribution in [0.3, 0.4) is 0 Å². The van der Waals surface area contributed by atoms with Gasteiger partial charge in [-0.2, -0.15) is 0 Å². The topological polar surface area (TPSA) is 84.5 Å². The van der Waals surface area contributed by atoms with Crippen molar-refractivity contribution in [2.24, 2.45) is 0 Å². The second kappa shape index (κ2) is 10.8. The van der Waals surface area contributed by atoms with Crippen LogP contribution >= 0.6 is 0 Å². The maximum atomic E-state index is 12.1. The van der Waals surface area contributed by atoms with E-state index in [0.29, 0.717) is 43.7 Å². The number of aryl methyl sites for hydroxylation is 1. The average Bonchev–Trinajstić information content (AvgIpc) is 2.66. The van der Waals surface area contributed by atoms with Crippen molar-refractivity contribution in [2.75, 3.05) is 13.1 Å². The van der Waals surface area contributed by atoms with Gasteiger partial charge >= 0.3 is 5.97 Å². The predicted octanol–water partition coefficient (Wildman–Crippen LogP) is 2.48. The van der Waals surface area contributed by atoms with Crippen LogP contribution in [0.4, 0.5) is 0 Å². The normalized spacial score (nSPS) is 10.1. The van der Waals surface area contributed by atoms with Crippen LogP contribution < -0.4 is 15.4 Å². The summed E-state index contributed by atoms with van der Waals surface area (Å²) in [5.41, 5.74) is 1.55. The van der Waals surface area contributed by atoms with E-state index in [-0.39, 0.29) is 11.8 Å². The van der Waals surface area contributed by atoms with E-state index in [0.717, 1.165) is 5.56 Å². The number of hydrogen-bond donors (Lipinski definition) is 2. The summed E-state index contributed by atoms with van der Waals surface area (Å²) in [6, 6.07) is 16.3. The van der Waals surface area contributed by atoms with Crippen molar-refractivity contribution in [3.05, 3.63) is 65.7 Å². The molecule has 2 rings (SSSR count). The summed E-state index contributed by atoms with van der Waals surface area (Å²) in [6.07, 6.45) is 1.79. The minimum atomic E-state index is -0.435. The molecule has 27 heavy (non-hydrogen) atoms. The molecule has 2 amide bonds. The molecule has 0 unspecified atom stereocenters. The molecule has 2 aromatic carbocycles. The maximum Gasteiger partial charge on any atom is 0.308 e. The predicted molar refractivity (Wildman–Crippen MR) is 102 cm³/mol. The number of hydrogen-bond acceptors (Lipinski definition) is 4. The fraction of sp³-hybridized carbons (Fsp3) is 0.286. The summed E-state index contributed by atoms with van der Waals surface area (Å²) in [6.45, 7) is 2.25. The molecule has 0 aliphatic heterocycles. The molecule has 0 aliphatic carbocycles. The van der Waals surface area contributed by atoms with Crippen LogP contribution in [0.15, 0.2) is 54.6 Å². The summed E-state index contributed by atoms with van der Waals surface area (Å²) < 4.78 is 4.96. The molecule has 2 aromatic rings. The lowest BCUT2D eigenvalue weighted by atomic mass is 10.1.